The molecule has 1 aromatic rings. The first-order valence-electron chi connectivity index (χ1n) is 10.0. The van der Waals surface area contributed by atoms with Crippen LogP contribution in [0.3, 0.4) is 0 Å². The van der Waals surface area contributed by atoms with Crippen molar-refractivity contribution in [1.82, 2.24) is 0 Å². The molecule has 1 aliphatic carbocycles. The lowest BCUT2D eigenvalue weighted by Gasteiger charge is -2.21. The average Bonchev–Trinajstić information content (AvgIpc) is 2.71. The first-order chi connectivity index (χ1) is 11.9. The molecule has 2 aliphatic rings. The fourth-order valence-electron chi connectivity index (χ4n) is 3.76. The molecule has 3 rings (SSSR count). The maximum Gasteiger partial charge on any atom is 0.154 e. The summed E-state index contributed by atoms with van der Waals surface area (Å²) in [5.41, 5.74) is 1.57. The Morgan fingerprint density at radius 2 is 1.42 bits per heavy atom. The third kappa shape index (κ3) is 7.42. The molecule has 1 aromatic carbocycles. The van der Waals surface area contributed by atoms with Crippen LogP contribution in [0.4, 0.5) is 0 Å². The van der Waals surface area contributed by atoms with Gasteiger partial charge in [0, 0.05) is 10.9 Å². The predicted octanol–water partition coefficient (Wildman–Crippen LogP) is 6.65. The zero-order valence-corrected chi connectivity index (χ0v) is 16.8. The van der Waals surface area contributed by atoms with Crippen molar-refractivity contribution in [1.29, 1.82) is 5.41 Å². The van der Waals surface area contributed by atoms with E-state index < -0.39 is 0 Å². The summed E-state index contributed by atoms with van der Waals surface area (Å²) in [7, 11) is 0.575. The van der Waals surface area contributed by atoms with Crippen LogP contribution in [-0.4, -0.2) is 18.2 Å². The van der Waals surface area contributed by atoms with Crippen molar-refractivity contribution >= 4 is 17.6 Å². The number of aryl methyl sites for hydroxylation is 1. The largest absolute Gasteiger partial charge is 0.317 e. The van der Waals surface area contributed by atoms with Gasteiger partial charge in [-0.25, -0.2) is 0 Å². The van der Waals surface area contributed by atoms with Crippen LogP contribution in [0.15, 0.2) is 29.2 Å². The molecule has 1 N–H and O–H groups in total. The standard InChI is InChI=1S/C19H29S.C2H6.CH3N/c1-3-7-17(8-4-1)9-10-18-11-13-19(14-12-18)20-15-5-2-6-16-20;2*1-2/h11-14,17H,1-10,15-16H2;1-2H3;2H,1H2/q+1;;. The molecule has 0 aromatic heterocycles. The summed E-state index contributed by atoms with van der Waals surface area (Å²) < 4.78 is 0. The van der Waals surface area contributed by atoms with Gasteiger partial charge in [-0.15, -0.1) is 0 Å². The Balaban J connectivity index is 0.000000671. The number of rotatable bonds is 4. The second kappa shape index (κ2) is 13.5. The van der Waals surface area contributed by atoms with Crippen LogP contribution in [0.2, 0.25) is 0 Å². The van der Waals surface area contributed by atoms with Gasteiger partial charge in [-0.3, -0.25) is 0 Å². The lowest BCUT2D eigenvalue weighted by atomic mass is 9.85. The van der Waals surface area contributed by atoms with Crippen LogP contribution in [0, 0.1) is 11.3 Å². The van der Waals surface area contributed by atoms with Gasteiger partial charge in [0.2, 0.25) is 0 Å². The summed E-state index contributed by atoms with van der Waals surface area (Å²) in [5.74, 6) is 3.91. The van der Waals surface area contributed by atoms with Gasteiger partial charge in [-0.05, 0) is 62.4 Å². The van der Waals surface area contributed by atoms with E-state index in [0.717, 1.165) is 5.92 Å². The molecule has 0 amide bonds. The van der Waals surface area contributed by atoms with E-state index in [1.54, 1.807) is 10.5 Å². The van der Waals surface area contributed by atoms with E-state index in [0.29, 0.717) is 10.9 Å². The van der Waals surface area contributed by atoms with Crippen LogP contribution < -0.4 is 0 Å². The zero-order chi connectivity index (χ0) is 17.6. The molecule has 24 heavy (non-hydrogen) atoms. The Labute approximate surface area is 153 Å². The topological polar surface area (TPSA) is 23.9 Å². The number of nitrogens with one attached hydrogen (secondary N) is 1. The monoisotopic (exact) mass is 348 g/mol. The zero-order valence-electron chi connectivity index (χ0n) is 16.0. The number of benzene rings is 1. The van der Waals surface area contributed by atoms with Gasteiger partial charge < -0.3 is 5.41 Å². The molecule has 136 valence electrons. The van der Waals surface area contributed by atoms with Crippen LogP contribution in [-0.2, 0) is 17.3 Å². The molecule has 0 atom stereocenters. The van der Waals surface area contributed by atoms with E-state index in [9.17, 15) is 0 Å². The Morgan fingerprint density at radius 3 is 2.00 bits per heavy atom. The van der Waals surface area contributed by atoms with E-state index in [1.165, 1.54) is 75.7 Å². The minimum atomic E-state index is 0.575. The van der Waals surface area contributed by atoms with E-state index >= 15 is 0 Å². The maximum absolute atomic E-state index is 5.50. The molecule has 0 radical (unpaired) electrons. The van der Waals surface area contributed by atoms with Crippen molar-refractivity contribution in [3.63, 3.8) is 0 Å². The van der Waals surface area contributed by atoms with Gasteiger partial charge >= 0.3 is 0 Å². The third-order valence-corrected chi connectivity index (χ3v) is 7.61. The minimum absolute atomic E-state index is 0.575. The second-order valence-corrected chi connectivity index (χ2v) is 8.92. The summed E-state index contributed by atoms with van der Waals surface area (Å²) in [6.45, 7) is 6.50. The van der Waals surface area contributed by atoms with Crippen molar-refractivity contribution in [2.24, 2.45) is 5.92 Å². The van der Waals surface area contributed by atoms with E-state index in [-0.39, 0.29) is 0 Å². The van der Waals surface area contributed by atoms with Gasteiger partial charge in [-0.1, -0.05) is 58.1 Å². The fourth-order valence-corrected chi connectivity index (χ4v) is 6.06. The van der Waals surface area contributed by atoms with Crippen LogP contribution in [0.1, 0.15) is 77.2 Å². The van der Waals surface area contributed by atoms with Crippen LogP contribution in [0.25, 0.3) is 0 Å². The van der Waals surface area contributed by atoms with Crippen molar-refractivity contribution in [3.8, 4) is 0 Å². The van der Waals surface area contributed by atoms with Gasteiger partial charge in [-0.2, -0.15) is 0 Å². The third-order valence-electron chi connectivity index (χ3n) is 5.10. The Morgan fingerprint density at radius 1 is 0.875 bits per heavy atom. The van der Waals surface area contributed by atoms with Gasteiger partial charge in [0.25, 0.3) is 0 Å². The fraction of sp³-hybridized carbons (Fsp3) is 0.682. The van der Waals surface area contributed by atoms with Crippen molar-refractivity contribution < 1.29 is 0 Å². The highest BCUT2D eigenvalue weighted by Gasteiger charge is 2.24. The minimum Gasteiger partial charge on any atom is -0.317 e. The lowest BCUT2D eigenvalue weighted by molar-refractivity contribution is 0.339. The van der Waals surface area contributed by atoms with E-state index in [4.69, 9.17) is 5.41 Å². The van der Waals surface area contributed by atoms with E-state index in [2.05, 4.69) is 31.0 Å². The number of hydrogen-bond donors (Lipinski definition) is 1. The maximum atomic E-state index is 5.50. The molecular formula is C22H38NS+. The number of hydrogen-bond acceptors (Lipinski definition) is 1. The van der Waals surface area contributed by atoms with Gasteiger partial charge in [0.1, 0.15) is 11.5 Å². The van der Waals surface area contributed by atoms with Crippen LogP contribution >= 0.6 is 0 Å². The highest BCUT2D eigenvalue weighted by atomic mass is 32.2. The van der Waals surface area contributed by atoms with Crippen LogP contribution in [0.5, 0.6) is 0 Å². The molecule has 1 saturated heterocycles. The first kappa shape index (κ1) is 21.3. The normalized spacial score (nSPS) is 18.8. The van der Waals surface area contributed by atoms with Gasteiger partial charge in [0.15, 0.2) is 4.90 Å². The average molecular weight is 349 g/mol. The Bertz CT molecular complexity index is 402. The second-order valence-electron chi connectivity index (χ2n) is 6.65. The molecule has 1 saturated carbocycles. The highest BCUT2D eigenvalue weighted by Crippen LogP contribution is 2.28. The molecule has 1 heterocycles. The summed E-state index contributed by atoms with van der Waals surface area (Å²) in [6.07, 6.45) is 14.5. The molecule has 0 unspecified atom stereocenters. The Hall–Kier alpha value is -0.760. The van der Waals surface area contributed by atoms with Crippen molar-refractivity contribution in [2.45, 2.75) is 83.0 Å². The SMILES string of the molecule is C=N.CC.c1cc([S+]2CCCCC2)ccc1CCC1CCCCC1. The summed E-state index contributed by atoms with van der Waals surface area (Å²) in [6, 6.07) is 9.70. The highest BCUT2D eigenvalue weighted by molar-refractivity contribution is 7.96. The van der Waals surface area contributed by atoms with Gasteiger partial charge in [0.05, 0.1) is 0 Å². The molecule has 0 spiro atoms. The van der Waals surface area contributed by atoms with Crippen molar-refractivity contribution in [2.75, 3.05) is 11.5 Å². The summed E-state index contributed by atoms with van der Waals surface area (Å²) in [5, 5.41) is 5.50. The Kier molecular flexibility index (Phi) is 12.0. The molecule has 2 fully saturated rings. The lowest BCUT2D eigenvalue weighted by Crippen LogP contribution is -2.17. The smallest absolute Gasteiger partial charge is 0.154 e. The molecular weight excluding hydrogens is 310 g/mol. The molecule has 0 bridgehead atoms. The molecule has 1 nitrogen and oxygen atoms in total. The predicted molar refractivity (Wildman–Crippen MR) is 112 cm³/mol. The molecule has 1 aliphatic heterocycles. The summed E-state index contributed by atoms with van der Waals surface area (Å²) >= 11 is 0. The molecule has 2 heteroatoms. The summed E-state index contributed by atoms with van der Waals surface area (Å²) in [4.78, 5) is 1.63. The van der Waals surface area contributed by atoms with E-state index in [1.807, 2.05) is 13.8 Å². The first-order valence-corrected chi connectivity index (χ1v) is 11.6. The quantitative estimate of drug-likeness (QED) is 0.465. The van der Waals surface area contributed by atoms with Crippen molar-refractivity contribution in [3.05, 3.63) is 29.8 Å².